The number of benzene rings is 2. The summed E-state index contributed by atoms with van der Waals surface area (Å²) in [5.74, 6) is -0.967. The lowest BCUT2D eigenvalue weighted by atomic mass is 10.1. The minimum absolute atomic E-state index is 0.0150. The predicted octanol–water partition coefficient (Wildman–Crippen LogP) is 4.78. The zero-order valence-electron chi connectivity index (χ0n) is 10.4. The molecule has 0 aromatic heterocycles. The van der Waals surface area contributed by atoms with Crippen molar-refractivity contribution >= 4 is 16.8 Å². The molecule has 2 rings (SSSR count). The van der Waals surface area contributed by atoms with Crippen LogP contribution in [0.4, 0.5) is 13.2 Å². The molecule has 100 valence electrons. The fourth-order valence-corrected chi connectivity index (χ4v) is 1.81. The van der Waals surface area contributed by atoms with E-state index in [4.69, 9.17) is 0 Å². The van der Waals surface area contributed by atoms with Crippen molar-refractivity contribution in [3.8, 4) is 0 Å². The van der Waals surface area contributed by atoms with E-state index >= 15 is 0 Å². The summed E-state index contributed by atoms with van der Waals surface area (Å²) < 4.78 is 42.8. The SMILES string of the molecule is CCO/C(=C/c1ccc2ccccc2c1)C(F)(F)F. The average Bonchev–Trinajstić information content (AvgIpc) is 2.37. The minimum atomic E-state index is -4.47. The molecule has 0 atom stereocenters. The quantitative estimate of drug-likeness (QED) is 0.726. The summed E-state index contributed by atoms with van der Waals surface area (Å²) in [7, 11) is 0. The molecular formula is C15H13F3O. The molecule has 0 heterocycles. The van der Waals surface area contributed by atoms with Crippen molar-refractivity contribution in [2.24, 2.45) is 0 Å². The van der Waals surface area contributed by atoms with Gasteiger partial charge in [-0.1, -0.05) is 36.4 Å². The Bertz CT molecular complexity index is 600. The third-order valence-corrected chi connectivity index (χ3v) is 2.65. The lowest BCUT2D eigenvalue weighted by Crippen LogP contribution is -2.14. The molecule has 0 aliphatic carbocycles. The molecule has 2 aromatic carbocycles. The van der Waals surface area contributed by atoms with Crippen LogP contribution in [0.25, 0.3) is 16.8 Å². The van der Waals surface area contributed by atoms with E-state index < -0.39 is 11.9 Å². The van der Waals surface area contributed by atoms with Crippen molar-refractivity contribution in [3.63, 3.8) is 0 Å². The predicted molar refractivity (Wildman–Crippen MR) is 69.6 cm³/mol. The zero-order valence-corrected chi connectivity index (χ0v) is 10.4. The van der Waals surface area contributed by atoms with E-state index in [1.807, 2.05) is 24.3 Å². The van der Waals surface area contributed by atoms with Gasteiger partial charge in [0, 0.05) is 0 Å². The summed E-state index contributed by atoms with van der Waals surface area (Å²) in [5.41, 5.74) is 0.472. The minimum Gasteiger partial charge on any atom is -0.489 e. The van der Waals surface area contributed by atoms with Crippen LogP contribution in [0.2, 0.25) is 0 Å². The van der Waals surface area contributed by atoms with Crippen LogP contribution in [0.5, 0.6) is 0 Å². The summed E-state index contributed by atoms with van der Waals surface area (Å²) in [5, 5.41) is 1.89. The Hall–Kier alpha value is -1.97. The molecule has 0 aliphatic rings. The smallest absolute Gasteiger partial charge is 0.448 e. The Labute approximate surface area is 109 Å². The molecule has 0 amide bonds. The Morgan fingerprint density at radius 1 is 1.11 bits per heavy atom. The Morgan fingerprint density at radius 3 is 2.42 bits per heavy atom. The molecule has 0 spiro atoms. The molecule has 0 saturated carbocycles. The molecule has 2 aromatic rings. The molecule has 0 aliphatic heterocycles. The van der Waals surface area contributed by atoms with Gasteiger partial charge in [0.05, 0.1) is 6.61 Å². The third-order valence-electron chi connectivity index (χ3n) is 2.65. The monoisotopic (exact) mass is 266 g/mol. The number of hydrogen-bond acceptors (Lipinski definition) is 1. The maximum Gasteiger partial charge on any atom is 0.448 e. The standard InChI is InChI=1S/C15H13F3O/c1-2-19-14(15(16,17)18)10-11-7-8-12-5-3-4-6-13(12)9-11/h3-10H,2H2,1H3/b14-10+. The second-order valence-corrected chi connectivity index (χ2v) is 4.05. The van der Waals surface area contributed by atoms with Gasteiger partial charge in [0.2, 0.25) is 5.76 Å². The molecule has 4 heteroatoms. The first-order valence-electron chi connectivity index (χ1n) is 5.91. The van der Waals surface area contributed by atoms with Gasteiger partial charge in [0.25, 0.3) is 0 Å². The van der Waals surface area contributed by atoms with E-state index in [-0.39, 0.29) is 6.61 Å². The molecule has 0 bridgehead atoms. The first-order valence-corrected chi connectivity index (χ1v) is 5.91. The van der Waals surface area contributed by atoms with E-state index in [0.717, 1.165) is 16.8 Å². The van der Waals surface area contributed by atoms with Crippen LogP contribution in [-0.2, 0) is 4.74 Å². The number of allylic oxidation sites excluding steroid dienone is 1. The van der Waals surface area contributed by atoms with E-state index in [1.54, 1.807) is 18.2 Å². The largest absolute Gasteiger partial charge is 0.489 e. The molecule has 1 nitrogen and oxygen atoms in total. The van der Waals surface area contributed by atoms with Crippen molar-refractivity contribution in [3.05, 3.63) is 53.8 Å². The molecule has 0 saturated heterocycles. The highest BCUT2D eigenvalue weighted by molar-refractivity contribution is 5.84. The summed E-state index contributed by atoms with van der Waals surface area (Å²) in [4.78, 5) is 0. The van der Waals surface area contributed by atoms with Gasteiger partial charge < -0.3 is 4.74 Å². The summed E-state index contributed by atoms with van der Waals surface area (Å²) in [6.07, 6.45) is -3.45. The van der Waals surface area contributed by atoms with Crippen molar-refractivity contribution in [2.75, 3.05) is 6.61 Å². The lowest BCUT2D eigenvalue weighted by Gasteiger charge is -2.12. The van der Waals surface area contributed by atoms with Gasteiger partial charge >= 0.3 is 6.18 Å². The van der Waals surface area contributed by atoms with Crippen LogP contribution in [0.3, 0.4) is 0 Å². The number of rotatable bonds is 3. The molecule has 0 N–H and O–H groups in total. The summed E-state index contributed by atoms with van der Waals surface area (Å²) in [6, 6.07) is 12.7. The Kier molecular flexibility index (Phi) is 3.79. The van der Waals surface area contributed by atoms with Gasteiger partial charge in [0.1, 0.15) is 0 Å². The summed E-state index contributed by atoms with van der Waals surface area (Å²) in [6.45, 7) is 1.51. The Balaban J connectivity index is 2.42. The maximum atomic E-state index is 12.7. The topological polar surface area (TPSA) is 9.23 Å². The number of fused-ring (bicyclic) bond motifs is 1. The van der Waals surface area contributed by atoms with Crippen LogP contribution in [0, 0.1) is 0 Å². The zero-order chi connectivity index (χ0) is 13.9. The highest BCUT2D eigenvalue weighted by atomic mass is 19.4. The van der Waals surface area contributed by atoms with E-state index in [1.165, 1.54) is 6.92 Å². The molecule has 19 heavy (non-hydrogen) atoms. The van der Waals surface area contributed by atoms with Gasteiger partial charge in [-0.15, -0.1) is 0 Å². The van der Waals surface area contributed by atoms with E-state index in [0.29, 0.717) is 5.56 Å². The van der Waals surface area contributed by atoms with Crippen molar-refractivity contribution in [1.82, 2.24) is 0 Å². The molecular weight excluding hydrogens is 253 g/mol. The van der Waals surface area contributed by atoms with Crippen LogP contribution < -0.4 is 0 Å². The van der Waals surface area contributed by atoms with Gasteiger partial charge in [-0.3, -0.25) is 0 Å². The fraction of sp³-hybridized carbons (Fsp3) is 0.200. The highest BCUT2D eigenvalue weighted by Crippen LogP contribution is 2.29. The number of ether oxygens (including phenoxy) is 1. The van der Waals surface area contributed by atoms with Gasteiger partial charge in [-0.2, -0.15) is 13.2 Å². The third kappa shape index (κ3) is 3.28. The van der Waals surface area contributed by atoms with Crippen LogP contribution >= 0.6 is 0 Å². The average molecular weight is 266 g/mol. The Morgan fingerprint density at radius 2 is 1.79 bits per heavy atom. The maximum absolute atomic E-state index is 12.7. The normalized spacial score (nSPS) is 12.7. The first kappa shape index (κ1) is 13.5. The van der Waals surface area contributed by atoms with E-state index in [2.05, 4.69) is 4.74 Å². The van der Waals surface area contributed by atoms with Gasteiger partial charge in [-0.05, 0) is 35.4 Å². The molecule has 0 fully saturated rings. The lowest BCUT2D eigenvalue weighted by molar-refractivity contribution is -0.128. The molecule has 0 radical (unpaired) electrons. The number of hydrogen-bond donors (Lipinski definition) is 0. The van der Waals surface area contributed by atoms with Gasteiger partial charge in [-0.25, -0.2) is 0 Å². The van der Waals surface area contributed by atoms with Crippen LogP contribution in [0.1, 0.15) is 12.5 Å². The van der Waals surface area contributed by atoms with Crippen LogP contribution in [-0.4, -0.2) is 12.8 Å². The van der Waals surface area contributed by atoms with Crippen molar-refractivity contribution in [2.45, 2.75) is 13.1 Å². The van der Waals surface area contributed by atoms with Crippen molar-refractivity contribution < 1.29 is 17.9 Å². The highest BCUT2D eigenvalue weighted by Gasteiger charge is 2.35. The molecule has 0 unspecified atom stereocenters. The van der Waals surface area contributed by atoms with E-state index in [9.17, 15) is 13.2 Å². The number of alkyl halides is 3. The summed E-state index contributed by atoms with van der Waals surface area (Å²) >= 11 is 0. The second kappa shape index (κ2) is 5.34. The first-order chi connectivity index (χ1) is 9.00. The van der Waals surface area contributed by atoms with Crippen LogP contribution in [0.15, 0.2) is 48.2 Å². The second-order valence-electron chi connectivity index (χ2n) is 4.05. The van der Waals surface area contributed by atoms with Crippen molar-refractivity contribution in [1.29, 1.82) is 0 Å². The van der Waals surface area contributed by atoms with Gasteiger partial charge in [0.15, 0.2) is 0 Å². The number of halogens is 3. The fourth-order valence-electron chi connectivity index (χ4n) is 1.81.